The van der Waals surface area contributed by atoms with Crippen molar-refractivity contribution in [3.05, 3.63) is 110 Å². The Hall–Kier alpha value is -1.83. The van der Waals surface area contributed by atoms with Crippen LogP contribution in [-0.2, 0) is 16.1 Å². The first-order valence-corrected chi connectivity index (χ1v) is 13.8. The third-order valence-corrected chi connectivity index (χ3v) is 7.65. The van der Waals surface area contributed by atoms with Gasteiger partial charge in [0, 0.05) is 51.1 Å². The molecule has 0 spiro atoms. The summed E-state index contributed by atoms with van der Waals surface area (Å²) in [6.45, 7) is 3.19. The van der Waals surface area contributed by atoms with E-state index in [1.54, 1.807) is 36.4 Å². The Bertz CT molecular complexity index is 1300. The lowest BCUT2D eigenvalue weighted by Crippen LogP contribution is -2.36. The minimum Gasteiger partial charge on any atom is -0.365 e. The number of hydrogen-bond acceptors (Lipinski definition) is 4. The minimum absolute atomic E-state index is 0. The van der Waals surface area contributed by atoms with Crippen molar-refractivity contribution in [2.45, 2.75) is 31.6 Å². The Morgan fingerprint density at radius 3 is 2.31 bits per heavy atom. The number of amides is 1. The van der Waals surface area contributed by atoms with Crippen LogP contribution >= 0.6 is 70.4 Å². The fraction of sp³-hybridized carbons (Fsp3) is 0.250. The molecule has 0 saturated carbocycles. The van der Waals surface area contributed by atoms with Crippen LogP contribution in [-0.4, -0.2) is 34.4 Å². The van der Waals surface area contributed by atoms with Gasteiger partial charge in [-0.15, -0.1) is 12.4 Å². The molecular formula is C28H27Cl6N3O2. The van der Waals surface area contributed by atoms with Gasteiger partial charge in [0.1, 0.15) is 11.6 Å². The lowest BCUT2D eigenvalue weighted by Gasteiger charge is -2.31. The standard InChI is InChI=1S/C28H26Cl5N3O2.ClH/c1-18-14-22(30)8-9-25(18)34-26(37)10-11-35-12-13-36(17-35)28(33)27(19-2-5-21(29)6-3-19)38-16-20-4-7-23(31)15-24(20)32;/h2-9,12-15,27-28H,10-11,16-17H2,1H3,(H,34,37);1H. The number of ether oxygens (including phenoxy) is 1. The first-order chi connectivity index (χ1) is 18.2. The fourth-order valence-corrected chi connectivity index (χ4v) is 5.15. The highest BCUT2D eigenvalue weighted by molar-refractivity contribution is 6.35. The van der Waals surface area contributed by atoms with Gasteiger partial charge < -0.3 is 19.9 Å². The topological polar surface area (TPSA) is 44.8 Å². The highest BCUT2D eigenvalue weighted by Crippen LogP contribution is 2.33. The number of halogens is 6. The van der Waals surface area contributed by atoms with Crippen LogP contribution in [0.25, 0.3) is 0 Å². The summed E-state index contributed by atoms with van der Waals surface area (Å²) in [5.74, 6) is -0.0769. The third-order valence-electron chi connectivity index (χ3n) is 6.10. The molecule has 0 aliphatic carbocycles. The molecule has 3 aromatic carbocycles. The lowest BCUT2D eigenvalue weighted by molar-refractivity contribution is -0.116. The SMILES string of the molecule is Cc1cc(Cl)ccc1NC(=O)CCN1C=CN(C(Cl)C(OCc2ccc(Cl)cc2Cl)c2ccc(Cl)cc2)C1.Cl. The molecule has 5 nitrogen and oxygen atoms in total. The monoisotopic (exact) mass is 647 g/mol. The van der Waals surface area contributed by atoms with Crippen molar-refractivity contribution in [3.8, 4) is 0 Å². The Morgan fingerprint density at radius 2 is 1.62 bits per heavy atom. The predicted molar refractivity (Wildman–Crippen MR) is 164 cm³/mol. The summed E-state index contributed by atoms with van der Waals surface area (Å²) in [5.41, 5.74) is 2.82. The van der Waals surface area contributed by atoms with Gasteiger partial charge in [-0.3, -0.25) is 4.79 Å². The molecule has 39 heavy (non-hydrogen) atoms. The second-order valence-electron chi connectivity index (χ2n) is 8.92. The molecule has 1 aliphatic heterocycles. The molecule has 1 amide bonds. The smallest absolute Gasteiger partial charge is 0.226 e. The van der Waals surface area contributed by atoms with E-state index in [0.29, 0.717) is 39.7 Å². The summed E-state index contributed by atoms with van der Waals surface area (Å²) in [6.07, 6.45) is 3.66. The molecule has 0 radical (unpaired) electrons. The predicted octanol–water partition coefficient (Wildman–Crippen LogP) is 8.93. The molecule has 4 rings (SSSR count). The van der Waals surface area contributed by atoms with Gasteiger partial charge in [-0.2, -0.15) is 0 Å². The molecular weight excluding hydrogens is 623 g/mol. The van der Waals surface area contributed by atoms with Gasteiger partial charge in [0.15, 0.2) is 0 Å². The van der Waals surface area contributed by atoms with Crippen molar-refractivity contribution >= 4 is 82.0 Å². The van der Waals surface area contributed by atoms with Gasteiger partial charge >= 0.3 is 0 Å². The van der Waals surface area contributed by atoms with Crippen molar-refractivity contribution in [1.29, 1.82) is 0 Å². The van der Waals surface area contributed by atoms with Crippen LogP contribution in [0.2, 0.25) is 20.1 Å². The number of anilines is 1. The minimum atomic E-state index is -0.533. The summed E-state index contributed by atoms with van der Waals surface area (Å²) in [5, 5.41) is 5.28. The summed E-state index contributed by atoms with van der Waals surface area (Å²) in [4.78, 5) is 16.5. The Labute approximate surface area is 260 Å². The lowest BCUT2D eigenvalue weighted by atomic mass is 10.1. The molecule has 1 N–H and O–H groups in total. The summed E-state index contributed by atoms with van der Waals surface area (Å²) >= 11 is 31.5. The summed E-state index contributed by atoms with van der Waals surface area (Å²) < 4.78 is 6.30. The Kier molecular flexibility index (Phi) is 11.9. The van der Waals surface area contributed by atoms with Crippen LogP contribution in [0.15, 0.2) is 73.1 Å². The van der Waals surface area contributed by atoms with Crippen LogP contribution in [0.5, 0.6) is 0 Å². The molecule has 1 aliphatic rings. The summed E-state index contributed by atoms with van der Waals surface area (Å²) in [6, 6.07) is 18.1. The van der Waals surface area contributed by atoms with Crippen molar-refractivity contribution in [2.75, 3.05) is 18.5 Å². The first-order valence-electron chi connectivity index (χ1n) is 11.9. The number of carbonyl (C=O) groups excluding carboxylic acids is 1. The van der Waals surface area contributed by atoms with Gasteiger partial charge in [0.2, 0.25) is 5.91 Å². The summed E-state index contributed by atoms with van der Waals surface area (Å²) in [7, 11) is 0. The molecule has 11 heteroatoms. The van der Waals surface area contributed by atoms with Gasteiger partial charge in [0.25, 0.3) is 0 Å². The molecule has 0 aromatic heterocycles. The van der Waals surface area contributed by atoms with Crippen LogP contribution in [0.4, 0.5) is 5.69 Å². The maximum absolute atomic E-state index is 12.5. The van der Waals surface area contributed by atoms with Gasteiger partial charge in [-0.1, -0.05) is 76.2 Å². The zero-order chi connectivity index (χ0) is 27.2. The van der Waals surface area contributed by atoms with E-state index in [1.807, 2.05) is 53.4 Å². The number of benzene rings is 3. The van der Waals surface area contributed by atoms with Crippen molar-refractivity contribution < 1.29 is 9.53 Å². The van der Waals surface area contributed by atoms with Gasteiger partial charge in [0.05, 0.1) is 13.3 Å². The van der Waals surface area contributed by atoms with E-state index in [4.69, 9.17) is 62.7 Å². The number of nitrogens with one attached hydrogen (secondary N) is 1. The number of aryl methyl sites for hydroxylation is 1. The van der Waals surface area contributed by atoms with E-state index >= 15 is 0 Å². The number of nitrogens with zero attached hydrogens (tertiary/aromatic N) is 2. The average Bonchev–Trinajstić information content (AvgIpc) is 3.36. The van der Waals surface area contributed by atoms with Crippen LogP contribution in [0.1, 0.15) is 29.2 Å². The van der Waals surface area contributed by atoms with Crippen LogP contribution < -0.4 is 5.32 Å². The van der Waals surface area contributed by atoms with Crippen molar-refractivity contribution in [1.82, 2.24) is 9.80 Å². The maximum atomic E-state index is 12.5. The molecule has 2 unspecified atom stereocenters. The van der Waals surface area contributed by atoms with E-state index in [9.17, 15) is 4.79 Å². The Morgan fingerprint density at radius 1 is 0.949 bits per heavy atom. The van der Waals surface area contributed by atoms with Crippen LogP contribution in [0, 0.1) is 6.92 Å². The number of carbonyl (C=O) groups is 1. The zero-order valence-corrected chi connectivity index (χ0v) is 25.5. The fourth-order valence-electron chi connectivity index (χ4n) is 3.99. The molecule has 0 saturated heterocycles. The average molecular weight is 650 g/mol. The van der Waals surface area contributed by atoms with Crippen molar-refractivity contribution in [2.24, 2.45) is 0 Å². The van der Waals surface area contributed by atoms with E-state index in [0.717, 1.165) is 22.4 Å². The van der Waals surface area contributed by atoms with Crippen LogP contribution in [0.3, 0.4) is 0 Å². The Balaban J connectivity index is 0.00000420. The van der Waals surface area contributed by atoms with E-state index in [-0.39, 0.29) is 24.9 Å². The van der Waals surface area contributed by atoms with E-state index in [1.165, 1.54) is 0 Å². The highest BCUT2D eigenvalue weighted by atomic mass is 35.5. The van der Waals surface area contributed by atoms with Gasteiger partial charge in [-0.05, 0) is 66.1 Å². The number of alkyl halides is 1. The van der Waals surface area contributed by atoms with E-state index in [2.05, 4.69) is 5.32 Å². The number of rotatable bonds is 10. The third kappa shape index (κ3) is 8.83. The highest BCUT2D eigenvalue weighted by Gasteiger charge is 2.29. The molecule has 0 bridgehead atoms. The molecule has 0 fully saturated rings. The normalized spacial score (nSPS) is 14.2. The molecule has 208 valence electrons. The second kappa shape index (κ2) is 14.7. The first kappa shape index (κ1) is 31.7. The maximum Gasteiger partial charge on any atom is 0.226 e. The number of hydrogen-bond donors (Lipinski definition) is 1. The largest absolute Gasteiger partial charge is 0.365 e. The quantitative estimate of drug-likeness (QED) is 0.176. The second-order valence-corrected chi connectivity index (χ2v) is 11.1. The zero-order valence-electron chi connectivity index (χ0n) is 20.9. The molecule has 2 atom stereocenters. The van der Waals surface area contributed by atoms with Crippen molar-refractivity contribution in [3.63, 3.8) is 0 Å². The molecule has 1 heterocycles. The van der Waals surface area contributed by atoms with Gasteiger partial charge in [-0.25, -0.2) is 0 Å². The molecule has 3 aromatic rings. The van der Waals surface area contributed by atoms with E-state index < -0.39 is 11.6 Å².